The Bertz CT molecular complexity index is 2570. The third-order valence-electron chi connectivity index (χ3n) is 9.31. The highest BCUT2D eigenvalue weighted by Crippen LogP contribution is 2.32. The maximum Gasteiger partial charge on any atom is 0.260 e. The van der Waals surface area contributed by atoms with Crippen LogP contribution < -0.4 is 18.9 Å². The van der Waals surface area contributed by atoms with Gasteiger partial charge in [0.1, 0.15) is 23.0 Å². The van der Waals surface area contributed by atoms with Crippen molar-refractivity contribution in [3.8, 4) is 23.3 Å². The number of fused-ring (bicyclic) bond motifs is 3. The van der Waals surface area contributed by atoms with E-state index >= 15 is 0 Å². The predicted molar refractivity (Wildman–Crippen MR) is 253 cm³/mol. The second-order valence-corrected chi connectivity index (χ2v) is 14.6. The quantitative estimate of drug-likeness (QED) is 0.183. The van der Waals surface area contributed by atoms with Gasteiger partial charge in [0.25, 0.3) is 5.88 Å². The maximum atomic E-state index is 12.3. The summed E-state index contributed by atoms with van der Waals surface area (Å²) in [5.74, 6) is 1.88. The number of allylic oxidation sites excluding steroid dienone is 1. The molecule has 0 bridgehead atoms. The fourth-order valence-corrected chi connectivity index (χ4v) is 5.64. The van der Waals surface area contributed by atoms with Crippen LogP contribution in [-0.2, 0) is 6.42 Å². The number of hydrogen-bond donors (Lipinski definition) is 1. The lowest BCUT2D eigenvalue weighted by molar-refractivity contribution is 0.170. The van der Waals surface area contributed by atoms with Gasteiger partial charge in [-0.3, -0.25) is 4.98 Å². The summed E-state index contributed by atoms with van der Waals surface area (Å²) in [5.41, 5.74) is 11.0. The molecule has 0 radical (unpaired) electrons. The van der Waals surface area contributed by atoms with E-state index < -0.39 is 11.6 Å². The van der Waals surface area contributed by atoms with Gasteiger partial charge in [0.15, 0.2) is 5.75 Å². The smallest absolute Gasteiger partial charge is 0.260 e. The van der Waals surface area contributed by atoms with Crippen LogP contribution >= 0.6 is 0 Å². The first-order valence-corrected chi connectivity index (χ1v) is 20.6. The number of halogens is 2. The number of H-pyrrole nitrogens is 1. The summed E-state index contributed by atoms with van der Waals surface area (Å²) in [6, 6.07) is 34.7. The van der Waals surface area contributed by atoms with Crippen molar-refractivity contribution in [3.63, 3.8) is 0 Å². The van der Waals surface area contributed by atoms with Crippen molar-refractivity contribution in [2.24, 2.45) is 0 Å². The molecule has 0 fully saturated rings. The highest BCUT2D eigenvalue weighted by Gasteiger charge is 2.15. The zero-order valence-corrected chi connectivity index (χ0v) is 38.0. The molecule has 10 rings (SSSR count). The molecule has 8 aromatic rings. The van der Waals surface area contributed by atoms with Gasteiger partial charge in [-0.05, 0) is 120 Å². The van der Waals surface area contributed by atoms with Gasteiger partial charge < -0.3 is 23.9 Å². The molecular weight excluding hydrogens is 809 g/mol. The molecule has 0 spiro atoms. The van der Waals surface area contributed by atoms with E-state index in [9.17, 15) is 8.78 Å². The summed E-state index contributed by atoms with van der Waals surface area (Å²) in [4.78, 5) is 19.1. The first kappa shape index (κ1) is 49.3. The second kappa shape index (κ2) is 26.2. The number of aromatic nitrogens is 5. The molecule has 64 heavy (non-hydrogen) atoms. The lowest BCUT2D eigenvalue weighted by atomic mass is 10.1. The van der Waals surface area contributed by atoms with Crippen molar-refractivity contribution in [3.05, 3.63) is 208 Å². The first-order valence-electron chi connectivity index (χ1n) is 20.6. The number of rotatable bonds is 2. The molecule has 1 aliphatic carbocycles. The van der Waals surface area contributed by atoms with Crippen molar-refractivity contribution in [1.29, 1.82) is 0 Å². The summed E-state index contributed by atoms with van der Waals surface area (Å²) in [7, 11) is 3.24. The molecule has 0 unspecified atom stereocenters. The van der Waals surface area contributed by atoms with Crippen LogP contribution in [0.2, 0.25) is 0 Å². The Balaban J connectivity index is 0.000000164. The molecule has 2 aliphatic rings. The van der Waals surface area contributed by atoms with Gasteiger partial charge in [-0.15, -0.1) is 0 Å². The number of ether oxygens (including phenoxy) is 4. The fourth-order valence-electron chi connectivity index (χ4n) is 5.64. The van der Waals surface area contributed by atoms with Gasteiger partial charge in [-0.2, -0.15) is 0 Å². The normalized spacial score (nSPS) is 10.8. The van der Waals surface area contributed by atoms with Crippen molar-refractivity contribution >= 4 is 17.1 Å². The number of pyridine rings is 2. The number of nitrogens with one attached hydrogen (secondary N) is 1. The van der Waals surface area contributed by atoms with Crippen LogP contribution in [0.5, 0.6) is 23.3 Å². The zero-order valence-electron chi connectivity index (χ0n) is 38.0. The summed E-state index contributed by atoms with van der Waals surface area (Å²) < 4.78 is 44.6. The number of aryl methyl sites for hydroxylation is 6. The van der Waals surface area contributed by atoms with Crippen LogP contribution in [0.3, 0.4) is 0 Å². The van der Waals surface area contributed by atoms with E-state index in [2.05, 4.69) is 94.2 Å². The minimum atomic E-state index is -0.491. The van der Waals surface area contributed by atoms with Gasteiger partial charge in [-0.1, -0.05) is 95.6 Å². The van der Waals surface area contributed by atoms with Crippen LogP contribution in [0, 0.1) is 60.1 Å². The second-order valence-electron chi connectivity index (χ2n) is 14.6. The van der Waals surface area contributed by atoms with Gasteiger partial charge >= 0.3 is 0 Å². The van der Waals surface area contributed by atoms with Crippen LogP contribution in [-0.4, -0.2) is 45.9 Å². The fraction of sp³-hybridized carbons (Fsp3) is 0.208. The largest absolute Gasteiger partial charge is 0.497 e. The van der Waals surface area contributed by atoms with Gasteiger partial charge in [0.05, 0.1) is 32.3 Å². The maximum absolute atomic E-state index is 12.3. The molecule has 332 valence electrons. The summed E-state index contributed by atoms with van der Waals surface area (Å²) in [6.07, 6.45) is 14.3. The van der Waals surface area contributed by atoms with Gasteiger partial charge in [-0.25, -0.2) is 23.7 Å². The van der Waals surface area contributed by atoms with Crippen molar-refractivity contribution in [2.45, 2.75) is 54.9 Å². The van der Waals surface area contributed by atoms with Crippen LogP contribution in [0.25, 0.3) is 17.1 Å². The zero-order chi connectivity index (χ0) is 46.3. The Labute approximate surface area is 375 Å². The molecule has 4 aromatic carbocycles. The van der Waals surface area contributed by atoms with E-state index in [-0.39, 0.29) is 5.56 Å². The third-order valence-corrected chi connectivity index (χ3v) is 9.31. The molecule has 0 amide bonds. The molecule has 0 saturated carbocycles. The Kier molecular flexibility index (Phi) is 20.1. The molecule has 0 atom stereocenters. The number of benzene rings is 4. The Morgan fingerprint density at radius 1 is 0.609 bits per heavy atom. The number of aromatic amines is 1. The van der Waals surface area contributed by atoms with Crippen molar-refractivity contribution in [2.75, 3.05) is 21.0 Å². The monoisotopic (exact) mass is 865 g/mol. The van der Waals surface area contributed by atoms with Gasteiger partial charge in [0.2, 0.25) is 12.7 Å². The molecule has 4 aromatic heterocycles. The number of hydrogen-bond acceptors (Lipinski definition) is 8. The van der Waals surface area contributed by atoms with E-state index in [0.29, 0.717) is 18.6 Å². The topological polar surface area (TPSA) is 104 Å². The van der Waals surface area contributed by atoms with Gasteiger partial charge in [0, 0.05) is 29.5 Å². The number of methoxy groups -OCH3 is 2. The Hall–Kier alpha value is -7.40. The summed E-state index contributed by atoms with van der Waals surface area (Å²) >= 11 is 0. The molecule has 0 saturated heterocycles. The first-order chi connectivity index (χ1) is 30.9. The lowest BCUT2D eigenvalue weighted by Gasteiger charge is -1.97. The van der Waals surface area contributed by atoms with Crippen molar-refractivity contribution in [1.82, 2.24) is 24.9 Å². The lowest BCUT2D eigenvalue weighted by Crippen LogP contribution is -1.93. The van der Waals surface area contributed by atoms with Crippen molar-refractivity contribution < 1.29 is 27.7 Å². The highest BCUT2D eigenvalue weighted by molar-refractivity contribution is 5.75. The number of nitrogens with zero attached hydrogens (tertiary/aromatic N) is 4. The van der Waals surface area contributed by atoms with E-state index in [1.54, 1.807) is 32.8 Å². The third kappa shape index (κ3) is 16.8. The Morgan fingerprint density at radius 2 is 1.31 bits per heavy atom. The molecule has 1 N–H and O–H groups in total. The summed E-state index contributed by atoms with van der Waals surface area (Å²) in [6.45, 7) is 13.9. The van der Waals surface area contributed by atoms with Crippen LogP contribution in [0.1, 0.15) is 50.2 Å². The van der Waals surface area contributed by atoms with E-state index in [1.807, 2.05) is 87.8 Å². The SMILES string of the molecule is COc1ccc(C)cc1.COc1cnc(C)cn1.Cc1c(F)cccc1F.Cc1ccc2c(c1)C=CC2.Cc1ccccc1.Cc1ccnc2c1OCO2.Cc1cnc2[nH]ccc2c1. The van der Waals surface area contributed by atoms with E-state index in [1.165, 1.54) is 63.9 Å². The predicted octanol–water partition coefficient (Wildman–Crippen LogP) is 12.6. The minimum Gasteiger partial charge on any atom is -0.497 e. The molecule has 11 heteroatoms. The molecule has 1 aliphatic heterocycles. The Morgan fingerprint density at radius 3 is 1.92 bits per heavy atom. The summed E-state index contributed by atoms with van der Waals surface area (Å²) in [5, 5.41) is 1.18. The molecule has 5 heterocycles. The molecule has 9 nitrogen and oxygen atoms in total. The highest BCUT2D eigenvalue weighted by atomic mass is 19.1. The minimum absolute atomic E-state index is 0.0810. The van der Waals surface area contributed by atoms with Crippen LogP contribution in [0.15, 0.2) is 146 Å². The molecular formula is C53H57F2N5O4. The average Bonchev–Trinajstić information content (AvgIpc) is 4.10. The standard InChI is InChI=1S/C10H10.C8H8N2.C8H10O.C7H6F2.C7H7NO2.C7H8.C6H8N2O/c1-8-5-6-9-3-2-4-10(9)7-8;1-6-4-7-2-3-9-8(7)10-5-6;1-7-3-5-8(9-2)6-4-7;1-5-6(8)3-2-4-7(5)9;1-5-2-3-8-7-6(5)9-4-10-7;1-7-5-3-2-4-6-7;1-5-3-8-6(9-2)4-7-5/h2,4-7H,3H2,1H3;2-5H,1H3,(H,9,10);3-6H,1-2H3;2-4H,1H3;2-3H,4H2,1H3;2-6H,1H3;3-4H,1-2H3. The van der Waals surface area contributed by atoms with E-state index in [4.69, 9.17) is 18.9 Å². The van der Waals surface area contributed by atoms with E-state index in [0.717, 1.165) is 34.8 Å². The van der Waals surface area contributed by atoms with Crippen LogP contribution in [0.4, 0.5) is 8.78 Å². The average molecular weight is 866 g/mol.